The Morgan fingerprint density at radius 2 is 1.61 bits per heavy atom. The standard InChI is InChI=1S/C19H19N3O/c1-2-3-14-22-20-17(15-10-6-4-7-11-15)18(21-22)19(23)16-12-8-5-9-13-16/h4-13H,2-3,14H2,1H3. The summed E-state index contributed by atoms with van der Waals surface area (Å²) < 4.78 is 0. The predicted molar refractivity (Wildman–Crippen MR) is 90.2 cm³/mol. The maximum Gasteiger partial charge on any atom is 0.215 e. The Balaban J connectivity index is 2.03. The summed E-state index contributed by atoms with van der Waals surface area (Å²) in [6.07, 6.45) is 2.05. The number of rotatable bonds is 6. The van der Waals surface area contributed by atoms with Crippen LogP contribution in [0.3, 0.4) is 0 Å². The van der Waals surface area contributed by atoms with Crippen LogP contribution in [0.2, 0.25) is 0 Å². The van der Waals surface area contributed by atoms with E-state index in [1.54, 1.807) is 4.80 Å². The van der Waals surface area contributed by atoms with Gasteiger partial charge in [0.05, 0.1) is 6.54 Å². The van der Waals surface area contributed by atoms with Crippen molar-refractivity contribution in [3.8, 4) is 11.3 Å². The molecule has 0 saturated heterocycles. The molecular weight excluding hydrogens is 286 g/mol. The van der Waals surface area contributed by atoms with Crippen molar-refractivity contribution in [1.82, 2.24) is 15.0 Å². The van der Waals surface area contributed by atoms with Crippen LogP contribution < -0.4 is 0 Å². The molecule has 23 heavy (non-hydrogen) atoms. The molecule has 0 aliphatic carbocycles. The third-order valence-corrected chi connectivity index (χ3v) is 3.67. The van der Waals surface area contributed by atoms with Crippen molar-refractivity contribution in [3.63, 3.8) is 0 Å². The first-order valence-corrected chi connectivity index (χ1v) is 7.90. The highest BCUT2D eigenvalue weighted by Gasteiger charge is 2.21. The van der Waals surface area contributed by atoms with Crippen LogP contribution in [-0.2, 0) is 6.54 Å². The third kappa shape index (κ3) is 3.37. The maximum atomic E-state index is 12.8. The topological polar surface area (TPSA) is 47.8 Å². The number of aromatic nitrogens is 3. The lowest BCUT2D eigenvalue weighted by molar-refractivity contribution is 0.103. The zero-order chi connectivity index (χ0) is 16.1. The van der Waals surface area contributed by atoms with E-state index in [4.69, 9.17) is 0 Å². The van der Waals surface area contributed by atoms with Crippen LogP contribution in [0.25, 0.3) is 11.3 Å². The molecule has 1 heterocycles. The van der Waals surface area contributed by atoms with Crippen LogP contribution in [0, 0.1) is 0 Å². The lowest BCUT2D eigenvalue weighted by Crippen LogP contribution is -2.06. The van der Waals surface area contributed by atoms with E-state index >= 15 is 0 Å². The van der Waals surface area contributed by atoms with Crippen LogP contribution in [0.5, 0.6) is 0 Å². The molecule has 3 aromatic rings. The van der Waals surface area contributed by atoms with Gasteiger partial charge in [-0.15, -0.1) is 5.10 Å². The highest BCUT2D eigenvalue weighted by Crippen LogP contribution is 2.22. The fraction of sp³-hybridized carbons (Fsp3) is 0.211. The van der Waals surface area contributed by atoms with Gasteiger partial charge in [0.2, 0.25) is 5.78 Å². The summed E-state index contributed by atoms with van der Waals surface area (Å²) in [7, 11) is 0. The summed E-state index contributed by atoms with van der Waals surface area (Å²) in [5, 5.41) is 9.01. The van der Waals surface area contributed by atoms with Crippen molar-refractivity contribution < 1.29 is 4.79 Å². The molecule has 0 N–H and O–H groups in total. The van der Waals surface area contributed by atoms with Gasteiger partial charge in [-0.05, 0) is 6.42 Å². The van der Waals surface area contributed by atoms with Crippen molar-refractivity contribution in [2.24, 2.45) is 0 Å². The van der Waals surface area contributed by atoms with Crippen molar-refractivity contribution in [2.75, 3.05) is 0 Å². The van der Waals surface area contributed by atoms with Gasteiger partial charge in [0, 0.05) is 11.1 Å². The highest BCUT2D eigenvalue weighted by atomic mass is 16.1. The molecule has 0 fully saturated rings. The molecule has 0 atom stereocenters. The molecule has 0 saturated carbocycles. The number of carbonyl (C=O) groups excluding carboxylic acids is 1. The van der Waals surface area contributed by atoms with Crippen molar-refractivity contribution in [1.29, 1.82) is 0 Å². The Hall–Kier alpha value is -2.75. The summed E-state index contributed by atoms with van der Waals surface area (Å²) in [6.45, 7) is 2.84. The number of carbonyl (C=O) groups is 1. The summed E-state index contributed by atoms with van der Waals surface area (Å²) in [6, 6.07) is 19.0. The van der Waals surface area contributed by atoms with Gasteiger partial charge >= 0.3 is 0 Å². The lowest BCUT2D eigenvalue weighted by atomic mass is 10.0. The Bertz CT molecular complexity index is 779. The van der Waals surface area contributed by atoms with Gasteiger partial charge in [-0.25, -0.2) is 0 Å². The molecule has 0 unspecified atom stereocenters. The first kappa shape index (κ1) is 15.2. The Kier molecular flexibility index (Phi) is 4.62. The quantitative estimate of drug-likeness (QED) is 0.647. The predicted octanol–water partition coefficient (Wildman–Crippen LogP) is 3.98. The minimum atomic E-state index is -0.0906. The molecule has 0 aliphatic rings. The van der Waals surface area contributed by atoms with E-state index < -0.39 is 0 Å². The van der Waals surface area contributed by atoms with E-state index in [0.29, 0.717) is 17.0 Å². The van der Waals surface area contributed by atoms with E-state index in [1.807, 2.05) is 60.7 Å². The van der Waals surface area contributed by atoms with Gasteiger partial charge in [0.15, 0.2) is 5.69 Å². The molecule has 3 rings (SSSR count). The number of ketones is 1. The van der Waals surface area contributed by atoms with E-state index in [-0.39, 0.29) is 5.78 Å². The normalized spacial score (nSPS) is 10.7. The third-order valence-electron chi connectivity index (χ3n) is 3.67. The molecule has 0 amide bonds. The minimum Gasteiger partial charge on any atom is -0.287 e. The molecule has 1 aromatic heterocycles. The molecule has 0 spiro atoms. The SMILES string of the molecule is CCCCn1nc(C(=O)c2ccccc2)c(-c2ccccc2)n1. The molecule has 0 radical (unpaired) electrons. The summed E-state index contributed by atoms with van der Waals surface area (Å²) in [4.78, 5) is 14.5. The van der Waals surface area contributed by atoms with E-state index in [0.717, 1.165) is 24.9 Å². The summed E-state index contributed by atoms with van der Waals surface area (Å²) >= 11 is 0. The molecule has 2 aromatic carbocycles. The smallest absolute Gasteiger partial charge is 0.215 e. The van der Waals surface area contributed by atoms with Gasteiger partial charge in [-0.2, -0.15) is 9.90 Å². The Labute approximate surface area is 135 Å². The number of benzene rings is 2. The van der Waals surface area contributed by atoms with Gasteiger partial charge in [0.1, 0.15) is 5.69 Å². The van der Waals surface area contributed by atoms with Crippen molar-refractivity contribution in [2.45, 2.75) is 26.3 Å². The molecule has 0 aliphatic heterocycles. The average molecular weight is 305 g/mol. The van der Waals surface area contributed by atoms with E-state index in [1.165, 1.54) is 0 Å². The second-order valence-corrected chi connectivity index (χ2v) is 5.41. The first-order valence-electron chi connectivity index (χ1n) is 7.90. The van der Waals surface area contributed by atoms with Crippen LogP contribution in [0.1, 0.15) is 35.8 Å². The van der Waals surface area contributed by atoms with Crippen LogP contribution in [0.4, 0.5) is 0 Å². The van der Waals surface area contributed by atoms with Crippen LogP contribution in [0.15, 0.2) is 60.7 Å². The Morgan fingerprint density at radius 3 is 2.26 bits per heavy atom. The molecule has 116 valence electrons. The number of hydrogen-bond acceptors (Lipinski definition) is 3. The van der Waals surface area contributed by atoms with Crippen LogP contribution in [-0.4, -0.2) is 20.8 Å². The van der Waals surface area contributed by atoms with Crippen molar-refractivity contribution >= 4 is 5.78 Å². The monoisotopic (exact) mass is 305 g/mol. The van der Waals surface area contributed by atoms with Crippen molar-refractivity contribution in [3.05, 3.63) is 71.9 Å². The maximum absolute atomic E-state index is 12.8. The molecule has 4 heteroatoms. The lowest BCUT2D eigenvalue weighted by Gasteiger charge is -2.00. The highest BCUT2D eigenvalue weighted by molar-refractivity contribution is 6.10. The van der Waals surface area contributed by atoms with E-state index in [2.05, 4.69) is 17.1 Å². The second kappa shape index (κ2) is 7.01. The summed E-state index contributed by atoms with van der Waals surface area (Å²) in [5.41, 5.74) is 2.61. The summed E-state index contributed by atoms with van der Waals surface area (Å²) in [5.74, 6) is -0.0906. The van der Waals surface area contributed by atoms with Gasteiger partial charge in [-0.1, -0.05) is 74.0 Å². The number of nitrogens with zero attached hydrogens (tertiary/aromatic N) is 3. The fourth-order valence-corrected chi connectivity index (χ4v) is 2.42. The largest absolute Gasteiger partial charge is 0.287 e. The zero-order valence-electron chi connectivity index (χ0n) is 13.1. The number of hydrogen-bond donors (Lipinski definition) is 0. The number of aryl methyl sites for hydroxylation is 1. The zero-order valence-corrected chi connectivity index (χ0v) is 13.1. The van der Waals surface area contributed by atoms with Crippen LogP contribution >= 0.6 is 0 Å². The van der Waals surface area contributed by atoms with Gasteiger partial charge < -0.3 is 0 Å². The van der Waals surface area contributed by atoms with Gasteiger partial charge in [0.25, 0.3) is 0 Å². The first-order chi connectivity index (χ1) is 11.3. The fourth-order valence-electron chi connectivity index (χ4n) is 2.42. The average Bonchev–Trinajstić information content (AvgIpc) is 3.05. The van der Waals surface area contributed by atoms with Gasteiger partial charge in [-0.3, -0.25) is 4.79 Å². The molecular formula is C19H19N3O. The van der Waals surface area contributed by atoms with E-state index in [9.17, 15) is 4.79 Å². The Morgan fingerprint density at radius 1 is 0.957 bits per heavy atom. The molecule has 0 bridgehead atoms. The number of unbranched alkanes of at least 4 members (excludes halogenated alkanes) is 1. The minimum absolute atomic E-state index is 0.0906. The molecule has 4 nitrogen and oxygen atoms in total. The second-order valence-electron chi connectivity index (χ2n) is 5.41.